The summed E-state index contributed by atoms with van der Waals surface area (Å²) in [6.07, 6.45) is 3.73. The van der Waals surface area contributed by atoms with E-state index in [4.69, 9.17) is 4.74 Å². The summed E-state index contributed by atoms with van der Waals surface area (Å²) in [5.74, 6) is 0.340. The zero-order valence-corrected chi connectivity index (χ0v) is 17.5. The number of aryl methyl sites for hydroxylation is 1. The second kappa shape index (κ2) is 9.43. The molecule has 0 atom stereocenters. The van der Waals surface area contributed by atoms with Crippen molar-refractivity contribution in [3.63, 3.8) is 0 Å². The fraction of sp³-hybridized carbons (Fsp3) is 0.240. The predicted molar refractivity (Wildman–Crippen MR) is 123 cm³/mol. The fourth-order valence-electron chi connectivity index (χ4n) is 3.96. The van der Waals surface area contributed by atoms with Crippen molar-refractivity contribution < 1.29 is 14.3 Å². The lowest BCUT2D eigenvalue weighted by Crippen LogP contribution is -2.36. The maximum absolute atomic E-state index is 12.7. The molecule has 31 heavy (non-hydrogen) atoms. The van der Waals surface area contributed by atoms with Gasteiger partial charge in [0.05, 0.1) is 13.3 Å². The molecule has 0 bridgehead atoms. The SMILES string of the molecule is COc1ccc2ccccc2c1C=NNC(=O)CCC(=O)N1CCCc2ccccc21. The molecule has 2 amide bonds. The van der Waals surface area contributed by atoms with E-state index in [1.807, 2.05) is 54.6 Å². The molecule has 3 aromatic carbocycles. The number of nitrogens with one attached hydrogen (secondary N) is 1. The Morgan fingerprint density at radius 3 is 2.74 bits per heavy atom. The Balaban J connectivity index is 1.37. The van der Waals surface area contributed by atoms with E-state index in [1.54, 1.807) is 18.2 Å². The lowest BCUT2D eigenvalue weighted by atomic mass is 10.0. The third-order valence-corrected chi connectivity index (χ3v) is 5.51. The standard InChI is InChI=1S/C25H25N3O3/c1-31-23-13-12-18-7-2-4-10-20(18)21(23)17-26-27-24(29)14-15-25(30)28-16-6-9-19-8-3-5-11-22(19)28/h2-5,7-8,10-13,17H,6,9,14-16H2,1H3,(H,27,29). The average Bonchev–Trinajstić information content (AvgIpc) is 2.82. The van der Waals surface area contributed by atoms with Gasteiger partial charge in [0, 0.05) is 30.6 Å². The van der Waals surface area contributed by atoms with Gasteiger partial charge in [0.1, 0.15) is 5.75 Å². The molecule has 1 aliphatic heterocycles. The zero-order chi connectivity index (χ0) is 21.6. The van der Waals surface area contributed by atoms with Crippen LogP contribution in [0.1, 0.15) is 30.4 Å². The number of hydrogen-bond donors (Lipinski definition) is 1. The van der Waals surface area contributed by atoms with Crippen LogP contribution in [0, 0.1) is 0 Å². The van der Waals surface area contributed by atoms with Crippen molar-refractivity contribution in [2.75, 3.05) is 18.6 Å². The smallest absolute Gasteiger partial charge is 0.240 e. The number of hydrazone groups is 1. The minimum atomic E-state index is -0.297. The summed E-state index contributed by atoms with van der Waals surface area (Å²) in [6, 6.07) is 19.7. The monoisotopic (exact) mass is 415 g/mol. The summed E-state index contributed by atoms with van der Waals surface area (Å²) in [5.41, 5.74) is 5.46. The molecule has 0 spiro atoms. The van der Waals surface area contributed by atoms with Gasteiger partial charge >= 0.3 is 0 Å². The van der Waals surface area contributed by atoms with E-state index >= 15 is 0 Å². The Morgan fingerprint density at radius 1 is 1.06 bits per heavy atom. The molecule has 3 aromatic rings. The molecule has 0 unspecified atom stereocenters. The topological polar surface area (TPSA) is 71.0 Å². The van der Waals surface area contributed by atoms with Gasteiger partial charge in [-0.1, -0.05) is 48.5 Å². The van der Waals surface area contributed by atoms with E-state index in [1.165, 1.54) is 5.56 Å². The molecule has 0 aromatic heterocycles. The molecule has 0 radical (unpaired) electrons. The van der Waals surface area contributed by atoms with Gasteiger partial charge < -0.3 is 9.64 Å². The number of para-hydroxylation sites is 1. The number of fused-ring (bicyclic) bond motifs is 2. The number of nitrogens with zero attached hydrogens (tertiary/aromatic N) is 2. The van der Waals surface area contributed by atoms with Gasteiger partial charge in [0.25, 0.3) is 0 Å². The molecule has 158 valence electrons. The third-order valence-electron chi connectivity index (χ3n) is 5.51. The van der Waals surface area contributed by atoms with E-state index in [9.17, 15) is 9.59 Å². The van der Waals surface area contributed by atoms with Crippen LogP contribution >= 0.6 is 0 Å². The van der Waals surface area contributed by atoms with Gasteiger partial charge in [0.2, 0.25) is 11.8 Å². The Labute approximate surface area is 181 Å². The van der Waals surface area contributed by atoms with Gasteiger partial charge in [-0.05, 0) is 41.3 Å². The van der Waals surface area contributed by atoms with Crippen molar-refractivity contribution in [1.29, 1.82) is 0 Å². The van der Waals surface area contributed by atoms with Crippen LogP contribution in [0.25, 0.3) is 10.8 Å². The minimum Gasteiger partial charge on any atom is -0.496 e. The summed E-state index contributed by atoms with van der Waals surface area (Å²) in [4.78, 5) is 26.7. The zero-order valence-electron chi connectivity index (χ0n) is 17.5. The Bertz CT molecular complexity index is 1140. The second-order valence-corrected chi connectivity index (χ2v) is 7.47. The van der Waals surface area contributed by atoms with E-state index in [2.05, 4.69) is 16.6 Å². The molecule has 0 aliphatic carbocycles. The molecule has 6 heteroatoms. The average molecular weight is 415 g/mol. The highest BCUT2D eigenvalue weighted by atomic mass is 16.5. The number of methoxy groups -OCH3 is 1. The first-order valence-corrected chi connectivity index (χ1v) is 10.4. The molecular formula is C25H25N3O3. The van der Waals surface area contributed by atoms with Crippen molar-refractivity contribution in [1.82, 2.24) is 5.43 Å². The molecule has 1 N–H and O–H groups in total. The van der Waals surface area contributed by atoms with Crippen LogP contribution < -0.4 is 15.1 Å². The summed E-state index contributed by atoms with van der Waals surface area (Å²) >= 11 is 0. The molecule has 0 saturated heterocycles. The first kappa shape index (κ1) is 20.6. The van der Waals surface area contributed by atoms with Gasteiger partial charge in [-0.2, -0.15) is 5.10 Å². The van der Waals surface area contributed by atoms with Crippen molar-refractivity contribution in [3.05, 3.63) is 71.8 Å². The maximum atomic E-state index is 12.7. The Morgan fingerprint density at radius 2 is 1.87 bits per heavy atom. The normalized spacial score (nSPS) is 13.3. The van der Waals surface area contributed by atoms with E-state index < -0.39 is 0 Å². The highest BCUT2D eigenvalue weighted by molar-refractivity contribution is 6.03. The summed E-state index contributed by atoms with van der Waals surface area (Å²) in [7, 11) is 1.60. The summed E-state index contributed by atoms with van der Waals surface area (Å²) < 4.78 is 5.43. The molecular weight excluding hydrogens is 390 g/mol. The van der Waals surface area contributed by atoms with E-state index in [-0.39, 0.29) is 24.7 Å². The maximum Gasteiger partial charge on any atom is 0.240 e. The Kier molecular flexibility index (Phi) is 6.26. The predicted octanol–water partition coefficient (Wildman–Crippen LogP) is 4.06. The van der Waals surface area contributed by atoms with Crippen LogP contribution in [0.2, 0.25) is 0 Å². The molecule has 0 saturated carbocycles. The summed E-state index contributed by atoms with van der Waals surface area (Å²) in [5, 5.41) is 6.14. The highest BCUT2D eigenvalue weighted by Gasteiger charge is 2.22. The highest BCUT2D eigenvalue weighted by Crippen LogP contribution is 2.28. The molecule has 1 aliphatic rings. The van der Waals surface area contributed by atoms with Crippen molar-refractivity contribution in [2.45, 2.75) is 25.7 Å². The van der Waals surface area contributed by atoms with Crippen molar-refractivity contribution in [3.8, 4) is 5.75 Å². The van der Waals surface area contributed by atoms with Gasteiger partial charge in [-0.25, -0.2) is 5.43 Å². The number of benzene rings is 3. The lowest BCUT2D eigenvalue weighted by Gasteiger charge is -2.29. The van der Waals surface area contributed by atoms with E-state index in [0.29, 0.717) is 12.3 Å². The van der Waals surface area contributed by atoms with Crippen LogP contribution in [0.4, 0.5) is 5.69 Å². The fourth-order valence-corrected chi connectivity index (χ4v) is 3.96. The number of ether oxygens (including phenoxy) is 1. The van der Waals surface area contributed by atoms with Gasteiger partial charge in [-0.15, -0.1) is 0 Å². The number of amides is 2. The number of carbonyl (C=O) groups excluding carboxylic acids is 2. The lowest BCUT2D eigenvalue weighted by molar-refractivity contribution is -0.125. The third kappa shape index (κ3) is 4.58. The summed E-state index contributed by atoms with van der Waals surface area (Å²) in [6.45, 7) is 0.691. The van der Waals surface area contributed by atoms with Crippen molar-refractivity contribution >= 4 is 34.5 Å². The van der Waals surface area contributed by atoms with Crippen LogP contribution in [-0.4, -0.2) is 31.7 Å². The van der Waals surface area contributed by atoms with Crippen LogP contribution in [0.3, 0.4) is 0 Å². The van der Waals surface area contributed by atoms with Crippen LogP contribution in [0.5, 0.6) is 5.75 Å². The van der Waals surface area contributed by atoms with Crippen LogP contribution in [-0.2, 0) is 16.0 Å². The van der Waals surface area contributed by atoms with Crippen LogP contribution in [0.15, 0.2) is 65.8 Å². The quantitative estimate of drug-likeness (QED) is 0.488. The molecule has 4 rings (SSSR count). The second-order valence-electron chi connectivity index (χ2n) is 7.47. The van der Waals surface area contributed by atoms with Gasteiger partial charge in [-0.3, -0.25) is 9.59 Å². The molecule has 6 nitrogen and oxygen atoms in total. The number of anilines is 1. The largest absolute Gasteiger partial charge is 0.496 e. The van der Waals surface area contributed by atoms with Crippen molar-refractivity contribution in [2.24, 2.45) is 5.10 Å². The first-order chi connectivity index (χ1) is 15.2. The minimum absolute atomic E-state index is 0.0398. The first-order valence-electron chi connectivity index (χ1n) is 10.4. The van der Waals surface area contributed by atoms with E-state index in [0.717, 1.165) is 34.9 Å². The number of carbonyl (C=O) groups is 2. The molecule has 1 heterocycles. The van der Waals surface area contributed by atoms with Gasteiger partial charge in [0.15, 0.2) is 0 Å². The number of hydrogen-bond acceptors (Lipinski definition) is 4. The number of rotatable bonds is 6. The Hall–Kier alpha value is -3.67. The molecule has 0 fully saturated rings.